The van der Waals surface area contributed by atoms with Crippen molar-refractivity contribution >= 4 is 23.6 Å². The second-order valence-corrected chi connectivity index (χ2v) is 12.7. The smallest absolute Gasteiger partial charge is 0.424 e. The molecule has 1 unspecified atom stereocenters. The molecule has 2 aromatic carbocycles. The van der Waals surface area contributed by atoms with Crippen LogP contribution in [-0.4, -0.2) is 60.3 Å². The number of ether oxygens (including phenoxy) is 3. The van der Waals surface area contributed by atoms with Crippen LogP contribution in [0, 0.1) is 5.82 Å². The highest BCUT2D eigenvalue weighted by atomic mass is 35.5. The summed E-state index contributed by atoms with van der Waals surface area (Å²) in [5.41, 5.74) is -7.76. The Balaban J connectivity index is 2.07. The number of nitrogens with one attached hydrogen (secondary N) is 2. The van der Waals surface area contributed by atoms with Gasteiger partial charge in [0.05, 0.1) is 35.6 Å². The highest BCUT2D eigenvalue weighted by molar-refractivity contribution is 6.31. The zero-order valence-corrected chi connectivity index (χ0v) is 27.7. The Morgan fingerprint density at radius 1 is 0.918 bits per heavy atom. The van der Waals surface area contributed by atoms with E-state index >= 15 is 0 Å². The number of amides is 2. The second-order valence-electron chi connectivity index (χ2n) is 12.3. The number of aromatic nitrogens is 1. The van der Waals surface area contributed by atoms with Gasteiger partial charge in [0.15, 0.2) is 18.1 Å². The lowest BCUT2D eigenvalue weighted by molar-refractivity contribution is -0.265. The van der Waals surface area contributed by atoms with E-state index in [1.54, 1.807) is 20.8 Å². The van der Waals surface area contributed by atoms with Gasteiger partial charge in [-0.2, -0.15) is 26.3 Å². The number of carbonyl (C=O) groups is 2. The molecule has 0 bridgehead atoms. The molecule has 0 saturated carbocycles. The normalized spacial score (nSPS) is 13.7. The fourth-order valence-corrected chi connectivity index (χ4v) is 4.45. The van der Waals surface area contributed by atoms with Gasteiger partial charge in [-0.15, -0.1) is 0 Å². The van der Waals surface area contributed by atoms with Crippen molar-refractivity contribution in [1.29, 1.82) is 0 Å². The average molecular weight is 724 g/mol. The monoisotopic (exact) mass is 723 g/mol. The number of rotatable bonds is 10. The fourth-order valence-electron chi connectivity index (χ4n) is 4.27. The molecule has 3 rings (SSSR count). The minimum Gasteiger partial charge on any atom is -0.493 e. The summed E-state index contributed by atoms with van der Waals surface area (Å²) < 4.78 is 111. The number of hydrogen-bond acceptors (Lipinski definition) is 7. The number of alkyl carbamates (subject to hydrolysis) is 1. The molecule has 1 atom stereocenters. The van der Waals surface area contributed by atoms with Crippen LogP contribution in [0.4, 0.5) is 35.5 Å². The number of pyridine rings is 1. The molecule has 2 amide bonds. The van der Waals surface area contributed by atoms with Crippen LogP contribution in [0.1, 0.15) is 56.2 Å². The van der Waals surface area contributed by atoms with Gasteiger partial charge in [-0.1, -0.05) is 11.6 Å². The fraction of sp³-hybridized carbons (Fsp3) is 0.406. The van der Waals surface area contributed by atoms with E-state index in [-0.39, 0.29) is 38.9 Å². The van der Waals surface area contributed by atoms with E-state index in [0.717, 1.165) is 43.5 Å². The van der Waals surface area contributed by atoms with Crippen LogP contribution in [0.15, 0.2) is 48.5 Å². The molecule has 0 aliphatic rings. The number of nitrogens with zero attached hydrogens (tertiary/aromatic N) is 1. The van der Waals surface area contributed by atoms with E-state index in [0.29, 0.717) is 0 Å². The van der Waals surface area contributed by atoms with Crippen molar-refractivity contribution in [1.82, 2.24) is 15.6 Å². The third kappa shape index (κ3) is 10.1. The molecule has 3 N–H and O–H groups in total. The highest BCUT2D eigenvalue weighted by Gasteiger charge is 2.57. The summed E-state index contributed by atoms with van der Waals surface area (Å²) in [7, 11) is 1.07. The summed E-state index contributed by atoms with van der Waals surface area (Å²) in [6.45, 7) is 4.53. The van der Waals surface area contributed by atoms with Crippen molar-refractivity contribution in [3.63, 3.8) is 0 Å². The summed E-state index contributed by atoms with van der Waals surface area (Å²) in [4.78, 5) is 29.6. The first-order valence-electron chi connectivity index (χ1n) is 14.3. The van der Waals surface area contributed by atoms with E-state index in [2.05, 4.69) is 15.0 Å². The average Bonchev–Trinajstić information content (AvgIpc) is 2.97. The van der Waals surface area contributed by atoms with Crippen molar-refractivity contribution in [2.24, 2.45) is 0 Å². The Bertz CT molecular complexity index is 1690. The largest absolute Gasteiger partial charge is 0.493 e. The number of benzene rings is 2. The molecular weight excluding hydrogens is 691 g/mol. The maximum Gasteiger partial charge on any atom is 0.424 e. The zero-order chi connectivity index (χ0) is 37.2. The third-order valence-electron chi connectivity index (χ3n) is 6.79. The van der Waals surface area contributed by atoms with Crippen LogP contribution in [0.2, 0.25) is 5.02 Å². The Morgan fingerprint density at radius 3 is 2.12 bits per heavy atom. The zero-order valence-electron chi connectivity index (χ0n) is 27.0. The molecule has 9 nitrogen and oxygen atoms in total. The van der Waals surface area contributed by atoms with Gasteiger partial charge in [0.25, 0.3) is 5.91 Å². The predicted octanol–water partition coefficient (Wildman–Crippen LogP) is 7.43. The molecule has 49 heavy (non-hydrogen) atoms. The summed E-state index contributed by atoms with van der Waals surface area (Å²) in [6, 6.07) is 8.31. The maximum absolute atomic E-state index is 14.7. The standard InChI is InChI=1S/C32H33ClF7N3O6/c1-28(2,3)49-27(45)43-29(4,5)19-13-22(17-7-9-21(34)20(33)11-17)42-25(14-19)30(46,32(38,39)40)15-41-26(44)18-8-10-23(24(12-18)47-6)48-16-31(35,36)37/h7-14,46H,15-16H2,1-6H3,(H,41,44)(H,43,45). The van der Waals surface area contributed by atoms with Crippen LogP contribution in [0.25, 0.3) is 11.3 Å². The predicted molar refractivity (Wildman–Crippen MR) is 164 cm³/mol. The molecule has 268 valence electrons. The van der Waals surface area contributed by atoms with Crippen molar-refractivity contribution in [3.8, 4) is 22.8 Å². The van der Waals surface area contributed by atoms with Crippen molar-refractivity contribution in [3.05, 3.63) is 76.2 Å². The first kappa shape index (κ1) is 39.1. The van der Waals surface area contributed by atoms with E-state index in [1.807, 2.05) is 5.32 Å². The number of aliphatic hydroxyl groups is 1. The molecule has 3 aromatic rings. The van der Waals surface area contributed by atoms with Crippen LogP contribution in [-0.2, 0) is 15.9 Å². The third-order valence-corrected chi connectivity index (χ3v) is 7.08. The number of halogens is 8. The van der Waals surface area contributed by atoms with Gasteiger partial charge in [0, 0.05) is 11.1 Å². The molecule has 17 heteroatoms. The molecular formula is C32H33ClF7N3O6. The number of alkyl halides is 6. The molecule has 1 aromatic heterocycles. The van der Waals surface area contributed by atoms with E-state index in [1.165, 1.54) is 26.0 Å². The molecule has 0 saturated heterocycles. The topological polar surface area (TPSA) is 119 Å². The Labute approximate surface area is 281 Å². The number of methoxy groups -OCH3 is 1. The van der Waals surface area contributed by atoms with Crippen molar-refractivity contribution < 1.29 is 59.6 Å². The van der Waals surface area contributed by atoms with Gasteiger partial charge in [0.1, 0.15) is 11.4 Å². The first-order chi connectivity index (χ1) is 22.3. The van der Waals surface area contributed by atoms with Gasteiger partial charge < -0.3 is 30.0 Å². The van der Waals surface area contributed by atoms with Gasteiger partial charge in [0.2, 0.25) is 5.60 Å². The Hall–Kier alpha value is -4.31. The van der Waals surface area contributed by atoms with Crippen LogP contribution < -0.4 is 20.1 Å². The molecule has 0 fully saturated rings. The lowest BCUT2D eigenvalue weighted by Gasteiger charge is -2.33. The molecule has 0 aliphatic carbocycles. The quantitative estimate of drug-likeness (QED) is 0.186. The van der Waals surface area contributed by atoms with Crippen molar-refractivity contribution in [2.45, 2.75) is 63.7 Å². The molecule has 0 radical (unpaired) electrons. The first-order valence-corrected chi connectivity index (χ1v) is 14.7. The van der Waals surface area contributed by atoms with E-state index < -0.39 is 65.8 Å². The molecule has 1 heterocycles. The summed E-state index contributed by atoms with van der Waals surface area (Å²) in [6.07, 6.45) is -11.1. The van der Waals surface area contributed by atoms with Crippen LogP contribution in [0.5, 0.6) is 11.5 Å². The second kappa shape index (κ2) is 14.3. The van der Waals surface area contributed by atoms with Gasteiger partial charge in [-0.3, -0.25) is 4.79 Å². The minimum atomic E-state index is -5.47. The SMILES string of the molecule is COc1cc(C(=O)NCC(O)(c2cc(C(C)(C)NC(=O)OC(C)(C)C)cc(-c3ccc(F)c(Cl)c3)n2)C(F)(F)F)ccc1OCC(F)(F)F. The lowest BCUT2D eigenvalue weighted by Crippen LogP contribution is -2.52. The van der Waals surface area contributed by atoms with Crippen LogP contribution >= 0.6 is 11.6 Å². The van der Waals surface area contributed by atoms with Gasteiger partial charge in [-0.05, 0) is 88.7 Å². The summed E-state index contributed by atoms with van der Waals surface area (Å²) in [5, 5.41) is 15.4. The van der Waals surface area contributed by atoms with E-state index in [4.69, 9.17) is 21.1 Å². The highest BCUT2D eigenvalue weighted by Crippen LogP contribution is 2.40. The summed E-state index contributed by atoms with van der Waals surface area (Å²) >= 11 is 5.92. The van der Waals surface area contributed by atoms with Crippen molar-refractivity contribution in [2.75, 3.05) is 20.3 Å². The van der Waals surface area contributed by atoms with Crippen LogP contribution in [0.3, 0.4) is 0 Å². The van der Waals surface area contributed by atoms with Gasteiger partial charge in [-0.25, -0.2) is 14.2 Å². The minimum absolute atomic E-state index is 0.00742. The number of carbonyl (C=O) groups excluding carboxylic acids is 2. The Kier molecular flexibility index (Phi) is 11.4. The number of hydrogen-bond donors (Lipinski definition) is 3. The Morgan fingerprint density at radius 2 is 1.57 bits per heavy atom. The maximum atomic E-state index is 14.7. The molecule has 0 aliphatic heterocycles. The molecule has 0 spiro atoms. The summed E-state index contributed by atoms with van der Waals surface area (Å²) in [5.74, 6) is -2.70. The lowest BCUT2D eigenvalue weighted by atomic mass is 9.88. The van der Waals surface area contributed by atoms with Gasteiger partial charge >= 0.3 is 18.4 Å². The van der Waals surface area contributed by atoms with E-state index in [9.17, 15) is 45.4 Å².